The van der Waals surface area contributed by atoms with E-state index in [0.29, 0.717) is 46.4 Å². The van der Waals surface area contributed by atoms with Crippen molar-refractivity contribution in [3.63, 3.8) is 0 Å². The molecule has 1 aromatic heterocycles. The Kier molecular flexibility index (Phi) is 5.40. The van der Waals surface area contributed by atoms with Crippen LogP contribution < -0.4 is 5.32 Å². The van der Waals surface area contributed by atoms with Crippen LogP contribution in [0.15, 0.2) is 54.6 Å². The van der Waals surface area contributed by atoms with Crippen molar-refractivity contribution in [2.24, 2.45) is 5.92 Å². The summed E-state index contributed by atoms with van der Waals surface area (Å²) in [6, 6.07) is 15.7. The highest BCUT2D eigenvalue weighted by Gasteiger charge is 2.69. The van der Waals surface area contributed by atoms with E-state index in [1.807, 2.05) is 12.1 Å². The fourth-order valence-electron chi connectivity index (χ4n) is 7.60. The Morgan fingerprint density at radius 3 is 2.78 bits per heavy atom. The monoisotopic (exact) mass is 590 g/mol. The Morgan fingerprint density at radius 1 is 1.17 bits per heavy atom. The standard InChI is InChI=1S/C31H25Cl2FN4O3/c1-41-29(39)16-7-10-23-22(11-16)35-28-25-24(14-37(23)28)38(13-15-5-6-15)31(26(25)18-3-2-4-20(33)27(18)34)19-9-8-17(32)12-21(19)36-30(31)40/h2-4,7-12,15,24-26H,5-6,13-14H2,1H3,(H,36,40)/t24-,25+,26?,31+/m1/s1. The molecule has 1 saturated heterocycles. The molecule has 208 valence electrons. The molecule has 3 aromatic carbocycles. The van der Waals surface area contributed by atoms with Gasteiger partial charge in [-0.3, -0.25) is 9.69 Å². The zero-order chi connectivity index (χ0) is 28.2. The number of fused-ring (bicyclic) bond motifs is 7. The number of hydrogen-bond donors (Lipinski definition) is 1. The first-order valence-electron chi connectivity index (χ1n) is 13.7. The molecule has 0 radical (unpaired) electrons. The maximum Gasteiger partial charge on any atom is 0.337 e. The third-order valence-electron chi connectivity index (χ3n) is 9.40. The number of imidazole rings is 1. The van der Waals surface area contributed by atoms with Crippen molar-refractivity contribution in [2.45, 2.75) is 42.8 Å². The minimum Gasteiger partial charge on any atom is -0.465 e. The van der Waals surface area contributed by atoms with Gasteiger partial charge in [0.2, 0.25) is 5.91 Å². The van der Waals surface area contributed by atoms with Crippen molar-refractivity contribution in [1.82, 2.24) is 14.5 Å². The molecular formula is C31H25Cl2FN4O3. The van der Waals surface area contributed by atoms with Gasteiger partial charge in [-0.2, -0.15) is 0 Å². The number of aromatic nitrogens is 2. The average molecular weight is 591 g/mol. The summed E-state index contributed by atoms with van der Waals surface area (Å²) < 4.78 is 23.2. The third-order valence-corrected chi connectivity index (χ3v) is 9.93. The Hall–Kier alpha value is -3.46. The molecule has 10 heteroatoms. The number of carbonyl (C=O) groups is 2. The molecule has 1 saturated carbocycles. The van der Waals surface area contributed by atoms with Gasteiger partial charge in [-0.1, -0.05) is 41.4 Å². The molecule has 1 unspecified atom stereocenters. The molecule has 0 bridgehead atoms. The normalized spacial score (nSPS) is 26.3. The maximum atomic E-state index is 16.1. The Morgan fingerprint density at radius 2 is 2.00 bits per heavy atom. The molecule has 2 fully saturated rings. The van der Waals surface area contributed by atoms with Crippen molar-refractivity contribution < 1.29 is 18.7 Å². The van der Waals surface area contributed by atoms with Gasteiger partial charge in [0.25, 0.3) is 0 Å². The van der Waals surface area contributed by atoms with Crippen LogP contribution in [-0.4, -0.2) is 46.0 Å². The second-order valence-electron chi connectivity index (χ2n) is 11.5. The fourth-order valence-corrected chi connectivity index (χ4v) is 7.95. The second kappa shape index (κ2) is 8.77. The van der Waals surface area contributed by atoms with Crippen LogP contribution in [0.4, 0.5) is 10.1 Å². The van der Waals surface area contributed by atoms with Crippen LogP contribution in [0.2, 0.25) is 10.0 Å². The fraction of sp³-hybridized carbons (Fsp3) is 0.323. The summed E-state index contributed by atoms with van der Waals surface area (Å²) in [6.07, 6.45) is 2.19. The molecule has 7 nitrogen and oxygen atoms in total. The summed E-state index contributed by atoms with van der Waals surface area (Å²) in [7, 11) is 1.35. The van der Waals surface area contributed by atoms with Gasteiger partial charge >= 0.3 is 5.97 Å². The SMILES string of the molecule is COC(=O)c1ccc2c(c1)nc1n2C[C@@H]2[C@H]1C(c1cccc(Cl)c1F)[C@@]1(C(=O)Nc3cc(Cl)ccc31)N2CC1CC1. The molecular weight excluding hydrogens is 566 g/mol. The molecule has 8 rings (SSSR count). The summed E-state index contributed by atoms with van der Waals surface area (Å²) in [5, 5.41) is 3.62. The van der Waals surface area contributed by atoms with Gasteiger partial charge in [0.05, 0.1) is 28.7 Å². The first kappa shape index (κ1) is 25.3. The number of hydrogen-bond acceptors (Lipinski definition) is 5. The summed E-state index contributed by atoms with van der Waals surface area (Å²) in [6.45, 7) is 1.29. The van der Waals surface area contributed by atoms with Crippen LogP contribution in [0.1, 0.15) is 52.0 Å². The van der Waals surface area contributed by atoms with E-state index < -0.39 is 23.2 Å². The number of methoxy groups -OCH3 is 1. The minimum absolute atomic E-state index is 0.0128. The lowest BCUT2D eigenvalue weighted by molar-refractivity contribution is -0.128. The van der Waals surface area contributed by atoms with Crippen LogP contribution in [0, 0.1) is 11.7 Å². The van der Waals surface area contributed by atoms with Crippen LogP contribution >= 0.6 is 23.2 Å². The number of benzene rings is 3. The van der Waals surface area contributed by atoms with E-state index in [2.05, 4.69) is 14.8 Å². The number of esters is 1. The number of anilines is 1. The second-order valence-corrected chi connectivity index (χ2v) is 12.3. The van der Waals surface area contributed by atoms with E-state index in [0.717, 1.165) is 29.7 Å². The topological polar surface area (TPSA) is 76.5 Å². The van der Waals surface area contributed by atoms with E-state index in [9.17, 15) is 9.59 Å². The highest BCUT2D eigenvalue weighted by Crippen LogP contribution is 2.65. The van der Waals surface area contributed by atoms with E-state index in [1.165, 1.54) is 13.2 Å². The molecule has 4 atom stereocenters. The summed E-state index contributed by atoms with van der Waals surface area (Å²) >= 11 is 12.7. The van der Waals surface area contributed by atoms with Gasteiger partial charge < -0.3 is 14.6 Å². The van der Waals surface area contributed by atoms with Crippen molar-refractivity contribution >= 4 is 51.8 Å². The van der Waals surface area contributed by atoms with E-state index in [1.54, 1.807) is 36.4 Å². The average Bonchev–Trinajstić information content (AvgIpc) is 3.41. The Bertz CT molecular complexity index is 1800. The highest BCUT2D eigenvalue weighted by molar-refractivity contribution is 6.31. The molecule has 1 aliphatic carbocycles. The van der Waals surface area contributed by atoms with Crippen LogP contribution in [0.25, 0.3) is 11.0 Å². The van der Waals surface area contributed by atoms with Crippen molar-refractivity contribution in [1.29, 1.82) is 0 Å². The van der Waals surface area contributed by atoms with Gasteiger partial charge in [0.15, 0.2) is 0 Å². The first-order valence-corrected chi connectivity index (χ1v) is 14.5. The lowest BCUT2D eigenvalue weighted by atomic mass is 9.71. The zero-order valence-electron chi connectivity index (χ0n) is 22.0. The quantitative estimate of drug-likeness (QED) is 0.291. The number of amides is 1. The minimum atomic E-state index is -1.18. The lowest BCUT2D eigenvalue weighted by Crippen LogP contribution is -2.53. The molecule has 4 heterocycles. The van der Waals surface area contributed by atoms with Gasteiger partial charge in [0.1, 0.15) is 17.2 Å². The maximum absolute atomic E-state index is 16.1. The highest BCUT2D eigenvalue weighted by atomic mass is 35.5. The largest absolute Gasteiger partial charge is 0.465 e. The number of halogens is 3. The van der Waals surface area contributed by atoms with E-state index >= 15 is 4.39 Å². The van der Waals surface area contributed by atoms with Crippen LogP contribution in [0.5, 0.6) is 0 Å². The van der Waals surface area contributed by atoms with Gasteiger partial charge in [0, 0.05) is 47.2 Å². The predicted octanol–water partition coefficient (Wildman–Crippen LogP) is 6.09. The van der Waals surface area contributed by atoms with Gasteiger partial charge in [-0.15, -0.1) is 0 Å². The lowest BCUT2D eigenvalue weighted by Gasteiger charge is -2.40. The van der Waals surface area contributed by atoms with Crippen molar-refractivity contribution in [3.8, 4) is 0 Å². The summed E-state index contributed by atoms with van der Waals surface area (Å²) in [5.41, 5.74) is 2.60. The van der Waals surface area contributed by atoms with Crippen LogP contribution in [-0.2, 0) is 21.6 Å². The number of likely N-dealkylation sites (tertiary alicyclic amines) is 1. The molecule has 4 aromatic rings. The smallest absolute Gasteiger partial charge is 0.337 e. The summed E-state index contributed by atoms with van der Waals surface area (Å²) in [4.78, 5) is 34.0. The predicted molar refractivity (Wildman–Crippen MR) is 153 cm³/mol. The van der Waals surface area contributed by atoms with Crippen LogP contribution in [0.3, 0.4) is 0 Å². The number of nitrogens with zero attached hydrogens (tertiary/aromatic N) is 3. The van der Waals surface area contributed by atoms with E-state index in [-0.39, 0.29) is 22.9 Å². The molecule has 4 aliphatic rings. The summed E-state index contributed by atoms with van der Waals surface area (Å²) in [5.74, 6) is -0.858. The molecule has 1 N–H and O–H groups in total. The number of rotatable bonds is 4. The molecule has 1 spiro atoms. The van der Waals surface area contributed by atoms with Gasteiger partial charge in [-0.05, 0) is 60.7 Å². The third kappa shape index (κ3) is 3.38. The van der Waals surface area contributed by atoms with E-state index in [4.69, 9.17) is 32.9 Å². The zero-order valence-corrected chi connectivity index (χ0v) is 23.5. The number of carbonyl (C=O) groups excluding carboxylic acids is 2. The van der Waals surface area contributed by atoms with Gasteiger partial charge in [-0.25, -0.2) is 14.2 Å². The number of ether oxygens (including phenoxy) is 1. The first-order chi connectivity index (χ1) is 19.8. The molecule has 41 heavy (non-hydrogen) atoms. The van der Waals surface area contributed by atoms with Crippen molar-refractivity contribution in [2.75, 3.05) is 19.0 Å². The Balaban J connectivity index is 1.40. The van der Waals surface area contributed by atoms with Crippen molar-refractivity contribution in [3.05, 3.63) is 93.0 Å². The Labute approximate surface area is 245 Å². The number of nitrogens with one attached hydrogen (secondary N) is 1. The molecule has 3 aliphatic heterocycles. The molecule has 1 amide bonds.